The minimum absolute atomic E-state index is 0.155. The number of para-hydroxylation sites is 1. The van der Waals surface area contributed by atoms with E-state index in [0.717, 1.165) is 16.7 Å². The van der Waals surface area contributed by atoms with Crippen molar-refractivity contribution in [1.29, 1.82) is 0 Å². The Kier molecular flexibility index (Phi) is 4.12. The maximum atomic E-state index is 13.2. The van der Waals surface area contributed by atoms with Gasteiger partial charge in [-0.3, -0.25) is 0 Å². The van der Waals surface area contributed by atoms with E-state index in [1.165, 1.54) is 12.1 Å². The van der Waals surface area contributed by atoms with Gasteiger partial charge >= 0.3 is 0 Å². The molecule has 110 valence electrons. The van der Waals surface area contributed by atoms with E-state index in [1.807, 2.05) is 24.3 Å². The van der Waals surface area contributed by atoms with Gasteiger partial charge in [0, 0.05) is 23.1 Å². The molecule has 1 heterocycles. The molecule has 0 radical (unpaired) electrons. The van der Waals surface area contributed by atoms with Crippen LogP contribution in [0.25, 0.3) is 0 Å². The molecule has 0 saturated heterocycles. The van der Waals surface area contributed by atoms with Gasteiger partial charge in [0.1, 0.15) is 23.5 Å². The summed E-state index contributed by atoms with van der Waals surface area (Å²) in [5, 5.41) is 10.3. The van der Waals surface area contributed by atoms with E-state index < -0.39 is 23.8 Å². The molecule has 5 heteroatoms. The summed E-state index contributed by atoms with van der Waals surface area (Å²) in [5.74, 6) is 0.0712. The number of rotatable bonds is 3. The number of aliphatic hydroxyl groups excluding tert-OH is 1. The number of halogens is 2. The van der Waals surface area contributed by atoms with Crippen LogP contribution in [-0.2, 0) is 6.42 Å². The third kappa shape index (κ3) is 3.36. The van der Waals surface area contributed by atoms with Crippen molar-refractivity contribution >= 4 is 11.8 Å². The van der Waals surface area contributed by atoms with Crippen molar-refractivity contribution in [2.45, 2.75) is 23.5 Å². The lowest BCUT2D eigenvalue weighted by atomic mass is 10.0. The summed E-state index contributed by atoms with van der Waals surface area (Å²) in [6.45, 7) is 0. The lowest BCUT2D eigenvalue weighted by Gasteiger charge is -2.29. The third-order valence-electron chi connectivity index (χ3n) is 3.33. The molecule has 2 aromatic carbocycles. The topological polar surface area (TPSA) is 29.5 Å². The van der Waals surface area contributed by atoms with Crippen molar-refractivity contribution in [2.24, 2.45) is 0 Å². The van der Waals surface area contributed by atoms with E-state index >= 15 is 0 Å². The van der Waals surface area contributed by atoms with Crippen molar-refractivity contribution in [3.05, 3.63) is 59.7 Å². The molecule has 21 heavy (non-hydrogen) atoms. The zero-order valence-electron chi connectivity index (χ0n) is 11.1. The minimum Gasteiger partial charge on any atom is -0.486 e. The Labute approximate surface area is 125 Å². The quantitative estimate of drug-likeness (QED) is 0.942. The summed E-state index contributed by atoms with van der Waals surface area (Å²) in [4.78, 5) is 1.04. The minimum atomic E-state index is -0.813. The molecule has 3 rings (SSSR count). The third-order valence-corrected chi connectivity index (χ3v) is 4.47. The highest BCUT2D eigenvalue weighted by Crippen LogP contribution is 2.36. The first-order chi connectivity index (χ1) is 10.1. The van der Waals surface area contributed by atoms with Gasteiger partial charge in [-0.15, -0.1) is 11.8 Å². The largest absolute Gasteiger partial charge is 0.486 e. The Morgan fingerprint density at radius 3 is 2.67 bits per heavy atom. The smallest absolute Gasteiger partial charge is 0.134 e. The van der Waals surface area contributed by atoms with Crippen LogP contribution >= 0.6 is 11.8 Å². The standard InChI is InChI=1S/C16H14F2O2S/c17-11-5-10(6-12(18)8-11)7-13(19)15-9-21-16-4-2-1-3-14(16)20-15/h1-6,8,13,15,19H,7,9H2. The molecule has 0 aliphatic carbocycles. The Balaban J connectivity index is 1.70. The molecule has 1 N–H and O–H groups in total. The number of aliphatic hydroxyl groups is 1. The monoisotopic (exact) mass is 308 g/mol. The first-order valence-electron chi connectivity index (χ1n) is 6.63. The Morgan fingerprint density at radius 2 is 1.90 bits per heavy atom. The van der Waals surface area contributed by atoms with Gasteiger partial charge in [-0.05, 0) is 29.8 Å². The van der Waals surface area contributed by atoms with Crippen LogP contribution in [0.4, 0.5) is 8.78 Å². The molecular formula is C16H14F2O2S. The maximum absolute atomic E-state index is 13.2. The normalized spacial score (nSPS) is 18.7. The first-order valence-corrected chi connectivity index (χ1v) is 7.62. The summed E-state index contributed by atoms with van der Waals surface area (Å²) in [6, 6.07) is 10.9. The molecule has 2 atom stereocenters. The van der Waals surface area contributed by atoms with Crippen molar-refractivity contribution in [3.63, 3.8) is 0 Å². The fourth-order valence-electron chi connectivity index (χ4n) is 2.33. The van der Waals surface area contributed by atoms with E-state index in [9.17, 15) is 13.9 Å². The molecule has 0 fully saturated rings. The summed E-state index contributed by atoms with van der Waals surface area (Å²) in [6.07, 6.45) is -1.05. The van der Waals surface area contributed by atoms with Crippen LogP contribution in [0.1, 0.15) is 5.56 Å². The fraction of sp³-hybridized carbons (Fsp3) is 0.250. The zero-order valence-corrected chi connectivity index (χ0v) is 11.9. The molecular weight excluding hydrogens is 294 g/mol. The second-order valence-corrected chi connectivity index (χ2v) is 6.03. The van der Waals surface area contributed by atoms with Gasteiger partial charge in [-0.1, -0.05) is 12.1 Å². The number of fused-ring (bicyclic) bond motifs is 1. The summed E-state index contributed by atoms with van der Waals surface area (Å²) in [5.41, 5.74) is 0.424. The molecule has 2 unspecified atom stereocenters. The van der Waals surface area contributed by atoms with Crippen LogP contribution in [0.2, 0.25) is 0 Å². The van der Waals surface area contributed by atoms with Gasteiger partial charge in [0.25, 0.3) is 0 Å². The van der Waals surface area contributed by atoms with Crippen molar-refractivity contribution in [1.82, 2.24) is 0 Å². The molecule has 2 nitrogen and oxygen atoms in total. The Bertz CT molecular complexity index is 628. The lowest BCUT2D eigenvalue weighted by molar-refractivity contribution is 0.0468. The first kappa shape index (κ1) is 14.4. The lowest BCUT2D eigenvalue weighted by Crippen LogP contribution is -2.37. The number of hydrogen-bond donors (Lipinski definition) is 1. The van der Waals surface area contributed by atoms with Gasteiger partial charge in [0.2, 0.25) is 0 Å². The Hall–Kier alpha value is -1.59. The van der Waals surface area contributed by atoms with Gasteiger partial charge < -0.3 is 9.84 Å². The van der Waals surface area contributed by atoms with Gasteiger partial charge in [-0.25, -0.2) is 8.78 Å². The molecule has 0 bridgehead atoms. The van der Waals surface area contributed by atoms with E-state index in [0.29, 0.717) is 11.3 Å². The second kappa shape index (κ2) is 6.03. The van der Waals surface area contributed by atoms with E-state index in [1.54, 1.807) is 11.8 Å². The van der Waals surface area contributed by atoms with E-state index in [4.69, 9.17) is 4.74 Å². The van der Waals surface area contributed by atoms with Crippen LogP contribution < -0.4 is 4.74 Å². The predicted octanol–water partition coefficient (Wildman–Crippen LogP) is 3.42. The predicted molar refractivity (Wildman–Crippen MR) is 77.7 cm³/mol. The summed E-state index contributed by atoms with van der Waals surface area (Å²) >= 11 is 1.61. The second-order valence-electron chi connectivity index (χ2n) is 4.96. The van der Waals surface area contributed by atoms with Crippen molar-refractivity contribution < 1.29 is 18.6 Å². The summed E-state index contributed by atoms with van der Waals surface area (Å²) < 4.78 is 32.1. The number of hydrogen-bond acceptors (Lipinski definition) is 3. The SMILES string of the molecule is OC(Cc1cc(F)cc(F)c1)C1CSc2ccccc2O1. The number of thioether (sulfide) groups is 1. The van der Waals surface area contributed by atoms with E-state index in [2.05, 4.69) is 0 Å². The van der Waals surface area contributed by atoms with Crippen LogP contribution in [0.3, 0.4) is 0 Å². The highest BCUT2D eigenvalue weighted by atomic mass is 32.2. The van der Waals surface area contributed by atoms with Gasteiger partial charge in [0.15, 0.2) is 0 Å². The highest BCUT2D eigenvalue weighted by molar-refractivity contribution is 7.99. The van der Waals surface area contributed by atoms with E-state index in [-0.39, 0.29) is 6.42 Å². The Morgan fingerprint density at radius 1 is 1.19 bits per heavy atom. The molecule has 0 amide bonds. The van der Waals surface area contributed by atoms with Crippen molar-refractivity contribution in [3.8, 4) is 5.75 Å². The summed E-state index contributed by atoms with van der Waals surface area (Å²) in [7, 11) is 0. The van der Waals surface area contributed by atoms with Gasteiger partial charge in [0.05, 0.1) is 6.10 Å². The number of ether oxygens (including phenoxy) is 1. The average Bonchev–Trinajstić information content (AvgIpc) is 2.45. The zero-order chi connectivity index (χ0) is 14.8. The molecule has 0 aromatic heterocycles. The average molecular weight is 308 g/mol. The van der Waals surface area contributed by atoms with Crippen LogP contribution in [0.5, 0.6) is 5.75 Å². The molecule has 1 aliphatic heterocycles. The van der Waals surface area contributed by atoms with Crippen LogP contribution in [0, 0.1) is 11.6 Å². The van der Waals surface area contributed by atoms with Gasteiger partial charge in [-0.2, -0.15) is 0 Å². The van der Waals surface area contributed by atoms with Crippen LogP contribution in [-0.4, -0.2) is 23.1 Å². The molecule has 1 aliphatic rings. The van der Waals surface area contributed by atoms with Crippen molar-refractivity contribution in [2.75, 3.05) is 5.75 Å². The molecule has 0 saturated carbocycles. The molecule has 0 spiro atoms. The maximum Gasteiger partial charge on any atom is 0.134 e. The number of benzene rings is 2. The highest BCUT2D eigenvalue weighted by Gasteiger charge is 2.27. The molecule has 2 aromatic rings. The fourth-order valence-corrected chi connectivity index (χ4v) is 3.39. The van der Waals surface area contributed by atoms with Crippen LogP contribution in [0.15, 0.2) is 47.4 Å².